The third-order valence-electron chi connectivity index (χ3n) is 5.36. The molecule has 4 rings (SSSR count). The van der Waals surface area contributed by atoms with Gasteiger partial charge in [-0.25, -0.2) is 4.98 Å². The molecule has 0 radical (unpaired) electrons. The van der Waals surface area contributed by atoms with Crippen LogP contribution in [-0.4, -0.2) is 52.3 Å². The van der Waals surface area contributed by atoms with Gasteiger partial charge in [0.15, 0.2) is 0 Å². The fraction of sp³-hybridized carbons (Fsp3) is 0.579. The second-order valence-corrected chi connectivity index (χ2v) is 7.17. The third kappa shape index (κ3) is 3.35. The van der Waals surface area contributed by atoms with Crippen molar-refractivity contribution in [3.8, 4) is 5.75 Å². The quantitative estimate of drug-likeness (QED) is 0.923. The van der Waals surface area contributed by atoms with Crippen molar-refractivity contribution in [1.29, 1.82) is 0 Å². The number of likely N-dealkylation sites (tertiary alicyclic amines) is 1. The number of hydrogen-bond donors (Lipinski definition) is 1. The lowest BCUT2D eigenvalue weighted by atomic mass is 10.1. The van der Waals surface area contributed by atoms with Gasteiger partial charge in [0.05, 0.1) is 10.9 Å². The van der Waals surface area contributed by atoms with E-state index in [1.165, 1.54) is 38.4 Å². The molecule has 1 N–H and O–H groups in total. The van der Waals surface area contributed by atoms with Gasteiger partial charge in [-0.2, -0.15) is 0 Å². The van der Waals surface area contributed by atoms with Crippen LogP contribution in [0, 0.1) is 0 Å². The van der Waals surface area contributed by atoms with Crippen LogP contribution >= 0.6 is 0 Å². The zero-order valence-electron chi connectivity index (χ0n) is 14.7. The molecule has 2 aliphatic rings. The highest BCUT2D eigenvalue weighted by molar-refractivity contribution is 5.80. The van der Waals surface area contributed by atoms with E-state index in [1.54, 1.807) is 16.7 Å². The molecule has 1 saturated heterocycles. The van der Waals surface area contributed by atoms with E-state index in [0.29, 0.717) is 17.4 Å². The van der Waals surface area contributed by atoms with Crippen molar-refractivity contribution in [2.45, 2.75) is 38.6 Å². The van der Waals surface area contributed by atoms with Gasteiger partial charge < -0.3 is 14.9 Å². The first-order chi connectivity index (χ1) is 12.2. The van der Waals surface area contributed by atoms with Gasteiger partial charge in [-0.3, -0.25) is 9.36 Å². The number of benzene rings is 1. The Morgan fingerprint density at radius 2 is 1.84 bits per heavy atom. The third-order valence-corrected chi connectivity index (χ3v) is 5.36. The molecule has 0 spiro atoms. The summed E-state index contributed by atoms with van der Waals surface area (Å²) >= 11 is 0. The van der Waals surface area contributed by atoms with Crippen LogP contribution in [0.25, 0.3) is 10.9 Å². The lowest BCUT2D eigenvalue weighted by Crippen LogP contribution is -2.40. The molecule has 0 amide bonds. The van der Waals surface area contributed by atoms with Crippen molar-refractivity contribution in [3.05, 3.63) is 28.6 Å². The number of phenols is 1. The summed E-state index contributed by atoms with van der Waals surface area (Å²) < 4.78 is 1.77. The highest BCUT2D eigenvalue weighted by atomic mass is 16.3. The fourth-order valence-corrected chi connectivity index (χ4v) is 4.04. The molecule has 0 aliphatic carbocycles. The molecule has 2 aliphatic heterocycles. The highest BCUT2D eigenvalue weighted by Crippen LogP contribution is 2.22. The van der Waals surface area contributed by atoms with Gasteiger partial charge in [0.2, 0.25) is 5.95 Å². The Labute approximate surface area is 147 Å². The molecule has 1 fully saturated rings. The van der Waals surface area contributed by atoms with E-state index in [-0.39, 0.29) is 11.3 Å². The number of piperidine rings is 1. The Balaban J connectivity index is 1.53. The summed E-state index contributed by atoms with van der Waals surface area (Å²) in [4.78, 5) is 22.3. The summed E-state index contributed by atoms with van der Waals surface area (Å²) in [6.45, 7) is 6.17. The minimum Gasteiger partial charge on any atom is -0.508 e. The molecule has 0 saturated carbocycles. The summed E-state index contributed by atoms with van der Waals surface area (Å²) in [7, 11) is 0. The van der Waals surface area contributed by atoms with Gasteiger partial charge in [0, 0.05) is 19.6 Å². The first-order valence-electron chi connectivity index (χ1n) is 9.43. The van der Waals surface area contributed by atoms with Crippen LogP contribution in [0.2, 0.25) is 0 Å². The smallest absolute Gasteiger partial charge is 0.262 e. The molecule has 6 heteroatoms. The topological polar surface area (TPSA) is 61.6 Å². The molecule has 0 unspecified atom stereocenters. The van der Waals surface area contributed by atoms with Crippen LogP contribution in [0.3, 0.4) is 0 Å². The van der Waals surface area contributed by atoms with Crippen molar-refractivity contribution in [2.75, 3.05) is 37.6 Å². The SMILES string of the molecule is O=c1c2cc(O)ccc2nc2n1CCCN2CCCN1CCCCC1. The fourth-order valence-electron chi connectivity index (χ4n) is 4.04. The first kappa shape index (κ1) is 16.4. The number of anilines is 1. The average Bonchev–Trinajstić information content (AvgIpc) is 2.64. The van der Waals surface area contributed by atoms with Crippen LogP contribution in [0.4, 0.5) is 5.95 Å². The van der Waals surface area contributed by atoms with Crippen molar-refractivity contribution in [2.24, 2.45) is 0 Å². The molecule has 3 heterocycles. The van der Waals surface area contributed by atoms with Gasteiger partial charge in [0.1, 0.15) is 5.75 Å². The van der Waals surface area contributed by atoms with Gasteiger partial charge in [-0.1, -0.05) is 6.42 Å². The van der Waals surface area contributed by atoms with E-state index < -0.39 is 0 Å². The van der Waals surface area contributed by atoms with Gasteiger partial charge >= 0.3 is 0 Å². The molecule has 134 valence electrons. The normalized spacial score (nSPS) is 18.5. The number of hydrogen-bond acceptors (Lipinski definition) is 5. The van der Waals surface area contributed by atoms with Crippen molar-refractivity contribution >= 4 is 16.9 Å². The number of rotatable bonds is 4. The van der Waals surface area contributed by atoms with E-state index in [4.69, 9.17) is 4.98 Å². The summed E-state index contributed by atoms with van der Waals surface area (Å²) in [6.07, 6.45) is 6.07. The lowest BCUT2D eigenvalue weighted by Gasteiger charge is -2.32. The predicted octanol–water partition coefficient (Wildman–Crippen LogP) is 2.19. The number of fused-ring (bicyclic) bond motifs is 2. The lowest BCUT2D eigenvalue weighted by molar-refractivity contribution is 0.227. The van der Waals surface area contributed by atoms with Crippen LogP contribution < -0.4 is 10.5 Å². The van der Waals surface area contributed by atoms with Crippen LogP contribution in [0.1, 0.15) is 32.1 Å². The number of nitrogens with zero attached hydrogens (tertiary/aromatic N) is 4. The molecule has 1 aromatic carbocycles. The molecule has 6 nitrogen and oxygen atoms in total. The maximum atomic E-state index is 12.8. The highest BCUT2D eigenvalue weighted by Gasteiger charge is 2.21. The monoisotopic (exact) mass is 342 g/mol. The van der Waals surface area contributed by atoms with Gasteiger partial charge in [-0.05, 0) is 63.5 Å². The second-order valence-electron chi connectivity index (χ2n) is 7.17. The standard InChI is InChI=1S/C19H26N4O2/c24-15-6-7-17-16(14-15)18(25)23-13-5-12-22(19(23)20-17)11-4-10-21-8-2-1-3-9-21/h6-7,14,24H,1-5,8-13H2. The molecular formula is C19H26N4O2. The van der Waals surface area contributed by atoms with Crippen molar-refractivity contribution < 1.29 is 5.11 Å². The number of aromatic nitrogens is 2. The van der Waals surface area contributed by atoms with Gasteiger partial charge in [-0.15, -0.1) is 0 Å². The van der Waals surface area contributed by atoms with Crippen LogP contribution in [-0.2, 0) is 6.54 Å². The molecule has 0 atom stereocenters. The second kappa shape index (κ2) is 7.04. The average molecular weight is 342 g/mol. The first-order valence-corrected chi connectivity index (χ1v) is 9.43. The predicted molar refractivity (Wildman–Crippen MR) is 99.4 cm³/mol. The van der Waals surface area contributed by atoms with Crippen molar-refractivity contribution in [3.63, 3.8) is 0 Å². The Hall–Kier alpha value is -2.08. The molecule has 0 bridgehead atoms. The van der Waals surface area contributed by atoms with E-state index in [9.17, 15) is 9.90 Å². The Kier molecular flexibility index (Phi) is 4.61. The molecule has 25 heavy (non-hydrogen) atoms. The summed E-state index contributed by atoms with van der Waals surface area (Å²) in [5, 5.41) is 10.2. The van der Waals surface area contributed by atoms with E-state index in [1.807, 2.05) is 0 Å². The largest absolute Gasteiger partial charge is 0.508 e. The van der Waals surface area contributed by atoms with E-state index in [2.05, 4.69) is 9.80 Å². The molecular weight excluding hydrogens is 316 g/mol. The summed E-state index contributed by atoms with van der Waals surface area (Å²) in [6, 6.07) is 4.84. The van der Waals surface area contributed by atoms with Gasteiger partial charge in [0.25, 0.3) is 5.56 Å². The van der Waals surface area contributed by atoms with E-state index in [0.717, 1.165) is 38.4 Å². The zero-order valence-corrected chi connectivity index (χ0v) is 14.7. The number of aromatic hydroxyl groups is 1. The minimum absolute atomic E-state index is 0.0448. The summed E-state index contributed by atoms with van der Waals surface area (Å²) in [5.41, 5.74) is 0.619. The Morgan fingerprint density at radius 3 is 2.68 bits per heavy atom. The maximum Gasteiger partial charge on any atom is 0.262 e. The molecule has 1 aromatic heterocycles. The molecule has 2 aromatic rings. The minimum atomic E-state index is -0.0448. The van der Waals surface area contributed by atoms with Crippen molar-refractivity contribution in [1.82, 2.24) is 14.5 Å². The number of phenolic OH excluding ortho intramolecular Hbond substituents is 1. The van der Waals surface area contributed by atoms with E-state index >= 15 is 0 Å². The summed E-state index contributed by atoms with van der Waals surface area (Å²) in [5.74, 6) is 0.897. The zero-order chi connectivity index (χ0) is 17.2. The Bertz CT molecular complexity index is 811. The maximum absolute atomic E-state index is 12.8. The van der Waals surface area contributed by atoms with Crippen LogP contribution in [0.15, 0.2) is 23.0 Å². The Morgan fingerprint density at radius 1 is 1.00 bits per heavy atom. The van der Waals surface area contributed by atoms with Crippen LogP contribution in [0.5, 0.6) is 5.75 Å².